The fraction of sp³-hybridized carbons (Fsp3) is 1.00. The highest BCUT2D eigenvalue weighted by atomic mass is 16.2. The lowest BCUT2D eigenvalue weighted by atomic mass is 10.1. The third-order valence-electron chi connectivity index (χ3n) is 4.41. The molecule has 0 spiro atoms. The second-order valence-electron chi connectivity index (χ2n) is 6.95. The maximum absolute atomic E-state index is 5.75. The lowest BCUT2D eigenvalue weighted by molar-refractivity contribution is 0.399. The van der Waals surface area contributed by atoms with Gasteiger partial charge in [0.25, 0.3) is 0 Å². The number of hydrogen-bond acceptors (Lipinski definition) is 0. The zero-order valence-electron chi connectivity index (χ0n) is 38.7. The quantitative estimate of drug-likeness (QED) is 0.120. The topological polar surface area (TPSA) is 91.6 Å². The van der Waals surface area contributed by atoms with E-state index in [2.05, 4.69) is 27.7 Å². The van der Waals surface area contributed by atoms with Gasteiger partial charge in [-0.25, -0.2) is 0 Å². The van der Waals surface area contributed by atoms with Crippen LogP contribution in [0.4, 0.5) is 0 Å². The van der Waals surface area contributed by atoms with Crippen molar-refractivity contribution in [3.05, 3.63) is 0 Å². The molecular weight excluding hydrogens is 520 g/mol. The van der Waals surface area contributed by atoms with Gasteiger partial charge in [0.15, 0.2) is 0 Å². The van der Waals surface area contributed by atoms with E-state index in [1.54, 1.807) is 0 Å². The van der Waals surface area contributed by atoms with Crippen molar-refractivity contribution in [2.75, 3.05) is 28.4 Å². The van der Waals surface area contributed by atoms with Gasteiger partial charge in [0.1, 0.15) is 28.4 Å². The summed E-state index contributed by atoms with van der Waals surface area (Å²) in [6.07, 6.45) is 25.9. The van der Waals surface area contributed by atoms with Crippen molar-refractivity contribution in [3.63, 3.8) is 0 Å². The molecule has 0 aromatic rings. The minimum atomic E-state index is 0. The van der Waals surface area contributed by atoms with Crippen LogP contribution in [0.2, 0.25) is 0 Å². The fourth-order valence-corrected chi connectivity index (χ4v) is 2.77. The first kappa shape index (κ1) is 78.4. The average Bonchev–Trinajstić information content (AvgIpc) is 3.13. The summed E-state index contributed by atoms with van der Waals surface area (Å²) >= 11 is 0. The molecule has 0 heterocycles. The molecule has 0 aliphatic rings. The van der Waals surface area contributed by atoms with Crippen molar-refractivity contribution in [1.29, 1.82) is 0 Å². The molecular formula is C38H108O4+8. The van der Waals surface area contributed by atoms with E-state index in [9.17, 15) is 0 Å². The Labute approximate surface area is 280 Å². The smallest absolute Gasteiger partial charge is 0.448 e. The van der Waals surface area contributed by atoms with Crippen LogP contribution in [-0.2, 0) is 0 Å². The highest BCUT2D eigenvalue weighted by molar-refractivity contribution is 4.45. The Balaban J connectivity index is -0.0000000171. The van der Waals surface area contributed by atoms with Gasteiger partial charge >= 0.3 is 5.71 Å². The Bertz CT molecular complexity index is 155. The minimum Gasteiger partial charge on any atom is -0.448 e. The first-order valence-electron chi connectivity index (χ1n) is 18.8. The maximum atomic E-state index is 5.75. The molecule has 8 N–H and O–H groups in total. The molecule has 0 fully saturated rings. The molecule has 0 aromatic carbocycles. The Morgan fingerprint density at radius 3 is 0.357 bits per heavy atom. The first-order valence-corrected chi connectivity index (χ1v) is 18.8. The van der Waals surface area contributed by atoms with Crippen LogP contribution >= 0.6 is 0 Å². The van der Waals surface area contributed by atoms with Crippen LogP contribution in [0.15, 0.2) is 0 Å². The van der Waals surface area contributed by atoms with Crippen LogP contribution in [0.5, 0.6) is 0 Å². The first-order chi connectivity index (χ1) is 20.8. The van der Waals surface area contributed by atoms with Crippen molar-refractivity contribution >= 4 is 0 Å². The van der Waals surface area contributed by atoms with Gasteiger partial charge in [-0.15, -0.1) is 0 Å². The molecule has 0 amide bonds. The standard InChI is InChI=1S/2C11H24.6C2H6.4CH4O/c2*1-3-5-7-9-11-10-8-6-4-2;10*1-2/h2*3-11H2,1-2H3;6*1-2H3;4*2H,1H3/p+8. The summed E-state index contributed by atoms with van der Waals surface area (Å²) in [6, 6.07) is 0. The SMILES string of the molecule is CC.CC.CC.CC.CC.CC.CCCCCCCCCCC.CCCCCCCCCCC.C[OH2+].C[OH2+].C[OH2+].C[OH2+].[H+].[H+].[H+].[H+]. The third-order valence-corrected chi connectivity index (χ3v) is 4.41. The number of unbranched alkanes of at least 4 members (excludes halogenated alkanes) is 16. The predicted octanol–water partition coefficient (Wildman–Crippen LogP) is 13.0. The Hall–Kier alpha value is -0.160. The highest BCUT2D eigenvalue weighted by Gasteiger charge is 1.89. The largest absolute Gasteiger partial charge is 1.00 e. The van der Waals surface area contributed by atoms with E-state index in [4.69, 9.17) is 20.4 Å². The van der Waals surface area contributed by atoms with Crippen molar-refractivity contribution < 1.29 is 26.1 Å². The lowest BCUT2D eigenvalue weighted by Gasteiger charge is -1.98. The van der Waals surface area contributed by atoms with Crippen LogP contribution in [-0.4, -0.2) is 48.9 Å². The molecule has 42 heavy (non-hydrogen) atoms. The molecule has 276 valence electrons. The van der Waals surface area contributed by atoms with Gasteiger partial charge in [0.2, 0.25) is 0 Å². The van der Waals surface area contributed by atoms with E-state index in [0.717, 1.165) is 0 Å². The van der Waals surface area contributed by atoms with Gasteiger partial charge < -0.3 is 20.4 Å². The average molecular weight is 629 g/mol. The van der Waals surface area contributed by atoms with E-state index in [0.29, 0.717) is 0 Å². The molecule has 0 atom stereocenters. The third kappa shape index (κ3) is 240. The molecule has 0 bridgehead atoms. The fourth-order valence-electron chi connectivity index (χ4n) is 2.77. The van der Waals surface area contributed by atoms with Crippen LogP contribution in [0.3, 0.4) is 0 Å². The van der Waals surface area contributed by atoms with Gasteiger partial charge in [0, 0.05) is 0 Å². The molecule has 0 aliphatic heterocycles. The van der Waals surface area contributed by atoms with E-state index >= 15 is 0 Å². The summed E-state index contributed by atoms with van der Waals surface area (Å²) in [6.45, 7) is 33.1. The molecule has 0 saturated heterocycles. The molecule has 0 saturated carbocycles. The normalized spacial score (nSPS) is 6.86. The maximum Gasteiger partial charge on any atom is 1.00 e. The molecule has 0 radical (unpaired) electrons. The Morgan fingerprint density at radius 1 is 0.214 bits per heavy atom. The van der Waals surface area contributed by atoms with Crippen molar-refractivity contribution in [2.45, 2.75) is 226 Å². The van der Waals surface area contributed by atoms with Gasteiger partial charge in [-0.1, -0.05) is 226 Å². The van der Waals surface area contributed by atoms with E-state index in [1.807, 2.05) is 83.1 Å². The van der Waals surface area contributed by atoms with E-state index in [1.165, 1.54) is 144 Å². The van der Waals surface area contributed by atoms with Gasteiger partial charge in [-0.2, -0.15) is 0 Å². The summed E-state index contributed by atoms with van der Waals surface area (Å²) in [5.74, 6) is 0. The molecule has 0 aliphatic carbocycles. The summed E-state index contributed by atoms with van der Waals surface area (Å²) in [5, 5.41) is 23.0. The van der Waals surface area contributed by atoms with Crippen LogP contribution < -0.4 is 0 Å². The summed E-state index contributed by atoms with van der Waals surface area (Å²) in [7, 11) is 5.00. The zero-order chi connectivity index (χ0) is 36.7. The summed E-state index contributed by atoms with van der Waals surface area (Å²) in [5.41, 5.74) is 0. The minimum absolute atomic E-state index is 0. The number of rotatable bonds is 16. The highest BCUT2D eigenvalue weighted by Crippen LogP contribution is 2.09. The van der Waals surface area contributed by atoms with Gasteiger partial charge in [0.05, 0.1) is 0 Å². The molecule has 0 rings (SSSR count). The molecule has 4 heteroatoms. The summed E-state index contributed by atoms with van der Waals surface area (Å²) < 4.78 is 0. The molecule has 4 nitrogen and oxygen atoms in total. The van der Waals surface area contributed by atoms with Crippen LogP contribution in [0.25, 0.3) is 0 Å². The zero-order valence-corrected chi connectivity index (χ0v) is 34.7. The number of hydrogen-bond donors (Lipinski definition) is 0. The van der Waals surface area contributed by atoms with Crippen molar-refractivity contribution in [3.8, 4) is 0 Å². The van der Waals surface area contributed by atoms with Crippen molar-refractivity contribution in [1.82, 2.24) is 0 Å². The van der Waals surface area contributed by atoms with Crippen LogP contribution in [0.1, 0.15) is 232 Å². The molecule has 0 unspecified atom stereocenters. The lowest BCUT2D eigenvalue weighted by Crippen LogP contribution is -1.79. The second-order valence-corrected chi connectivity index (χ2v) is 6.95. The molecule has 0 aromatic heterocycles. The van der Waals surface area contributed by atoms with Gasteiger partial charge in [-0.05, 0) is 0 Å². The monoisotopic (exact) mass is 629 g/mol. The van der Waals surface area contributed by atoms with E-state index in [-0.39, 0.29) is 5.71 Å². The Morgan fingerprint density at radius 2 is 0.286 bits per heavy atom. The Kier molecular flexibility index (Phi) is 380. The van der Waals surface area contributed by atoms with Crippen molar-refractivity contribution in [2.24, 2.45) is 0 Å². The predicted molar refractivity (Wildman–Crippen MR) is 216 cm³/mol. The van der Waals surface area contributed by atoms with Crippen LogP contribution in [0, 0.1) is 0 Å². The van der Waals surface area contributed by atoms with E-state index < -0.39 is 0 Å². The van der Waals surface area contributed by atoms with Gasteiger partial charge in [-0.3, -0.25) is 0 Å². The second kappa shape index (κ2) is 204. The summed E-state index contributed by atoms with van der Waals surface area (Å²) in [4.78, 5) is 0.